The Kier molecular flexibility index (Phi) is 6.07. The molecule has 0 unspecified atom stereocenters. The third-order valence-corrected chi connectivity index (χ3v) is 4.62. The molecule has 1 N–H and O–H groups in total. The van der Waals surface area contributed by atoms with Crippen molar-refractivity contribution in [3.63, 3.8) is 0 Å². The molecule has 160 valence electrons. The number of hydrogen-bond acceptors (Lipinski definition) is 5. The maximum Gasteiger partial charge on any atom is 0.363 e. The van der Waals surface area contributed by atoms with Crippen molar-refractivity contribution in [2.45, 2.75) is 13.5 Å². The van der Waals surface area contributed by atoms with Gasteiger partial charge in [-0.25, -0.2) is 14.2 Å². The molecule has 1 heterocycles. The summed E-state index contributed by atoms with van der Waals surface area (Å²) < 4.78 is 25.0. The molecule has 1 amide bonds. The number of carbonyl (C=O) groups excluding carboxylic acids is 2. The Hall–Kier alpha value is -4.26. The maximum absolute atomic E-state index is 13.9. The first-order valence-electron chi connectivity index (χ1n) is 9.85. The van der Waals surface area contributed by atoms with Crippen molar-refractivity contribution in [3.8, 4) is 5.75 Å². The van der Waals surface area contributed by atoms with Gasteiger partial charge in [0.05, 0.1) is 0 Å². The molecule has 0 aliphatic carbocycles. The van der Waals surface area contributed by atoms with E-state index in [-0.39, 0.29) is 29.9 Å². The number of para-hydroxylation sites is 1. The van der Waals surface area contributed by atoms with E-state index in [2.05, 4.69) is 10.3 Å². The van der Waals surface area contributed by atoms with E-state index in [0.717, 1.165) is 0 Å². The summed E-state index contributed by atoms with van der Waals surface area (Å²) in [6.07, 6.45) is 1.57. The standard InChI is InChI=1S/C25H19FN2O4/c1-16(29)27-20-12-10-17(11-13-20)24-28-22(25(30)32-24)14-18-6-3-5-9-23(18)31-15-19-7-2-4-8-21(19)26/h2-14H,15H2,1H3,(H,27,29)/b22-14-. The predicted octanol–water partition coefficient (Wildman–Crippen LogP) is 4.71. The minimum Gasteiger partial charge on any atom is -0.488 e. The van der Waals surface area contributed by atoms with Crippen LogP contribution in [0.4, 0.5) is 10.1 Å². The number of nitrogens with one attached hydrogen (secondary N) is 1. The van der Waals surface area contributed by atoms with Gasteiger partial charge < -0.3 is 14.8 Å². The molecule has 0 saturated heterocycles. The number of anilines is 1. The van der Waals surface area contributed by atoms with E-state index in [0.29, 0.717) is 28.1 Å². The summed E-state index contributed by atoms with van der Waals surface area (Å²) in [4.78, 5) is 27.8. The minimum absolute atomic E-state index is 0.0481. The van der Waals surface area contributed by atoms with Crippen molar-refractivity contribution in [1.82, 2.24) is 0 Å². The maximum atomic E-state index is 13.9. The predicted molar refractivity (Wildman–Crippen MR) is 119 cm³/mol. The molecule has 0 spiro atoms. The van der Waals surface area contributed by atoms with E-state index in [1.165, 1.54) is 13.0 Å². The van der Waals surface area contributed by atoms with Crippen LogP contribution in [0.5, 0.6) is 5.75 Å². The van der Waals surface area contributed by atoms with Crippen LogP contribution in [0, 0.1) is 5.82 Å². The topological polar surface area (TPSA) is 77.0 Å². The number of halogens is 1. The van der Waals surface area contributed by atoms with Crippen molar-refractivity contribution >= 4 is 29.5 Å². The third kappa shape index (κ3) is 4.89. The Morgan fingerprint density at radius 2 is 1.78 bits per heavy atom. The first-order valence-corrected chi connectivity index (χ1v) is 9.85. The number of carbonyl (C=O) groups is 2. The van der Waals surface area contributed by atoms with Crippen LogP contribution in [0.25, 0.3) is 6.08 Å². The highest BCUT2D eigenvalue weighted by atomic mass is 19.1. The zero-order valence-electron chi connectivity index (χ0n) is 17.2. The fraction of sp³-hybridized carbons (Fsp3) is 0.0800. The second kappa shape index (κ2) is 9.26. The summed E-state index contributed by atoms with van der Waals surface area (Å²) in [5.41, 5.74) is 2.38. The number of esters is 1. The summed E-state index contributed by atoms with van der Waals surface area (Å²) in [6, 6.07) is 20.3. The molecule has 0 radical (unpaired) electrons. The van der Waals surface area contributed by atoms with Gasteiger partial charge in [0.15, 0.2) is 5.70 Å². The number of hydrogen-bond donors (Lipinski definition) is 1. The second-order valence-electron chi connectivity index (χ2n) is 7.01. The average Bonchev–Trinajstić information content (AvgIpc) is 3.14. The van der Waals surface area contributed by atoms with Gasteiger partial charge in [0.25, 0.3) is 0 Å². The summed E-state index contributed by atoms with van der Waals surface area (Å²) >= 11 is 0. The van der Waals surface area contributed by atoms with E-state index < -0.39 is 5.97 Å². The van der Waals surface area contributed by atoms with Crippen LogP contribution in [0.1, 0.15) is 23.6 Å². The van der Waals surface area contributed by atoms with Crippen molar-refractivity contribution < 1.29 is 23.5 Å². The van der Waals surface area contributed by atoms with Crippen molar-refractivity contribution in [2.75, 3.05) is 5.32 Å². The Bertz CT molecular complexity index is 1230. The quantitative estimate of drug-likeness (QED) is 0.454. The smallest absolute Gasteiger partial charge is 0.363 e. The van der Waals surface area contributed by atoms with Crippen molar-refractivity contribution in [2.24, 2.45) is 4.99 Å². The molecular formula is C25H19FN2O4. The van der Waals surface area contributed by atoms with E-state index in [9.17, 15) is 14.0 Å². The number of rotatable bonds is 6. The molecule has 0 saturated carbocycles. The lowest BCUT2D eigenvalue weighted by atomic mass is 10.1. The number of cyclic esters (lactones) is 1. The first kappa shape index (κ1) is 21.0. The first-order chi connectivity index (χ1) is 15.5. The van der Waals surface area contributed by atoms with Gasteiger partial charge in [-0.05, 0) is 42.5 Å². The van der Waals surface area contributed by atoms with Gasteiger partial charge in [0.2, 0.25) is 11.8 Å². The molecule has 1 aliphatic heterocycles. The summed E-state index contributed by atoms with van der Waals surface area (Å²) in [7, 11) is 0. The summed E-state index contributed by atoms with van der Waals surface area (Å²) in [5, 5.41) is 2.67. The molecule has 4 rings (SSSR count). The molecule has 0 bridgehead atoms. The third-order valence-electron chi connectivity index (χ3n) is 4.62. The molecule has 0 aromatic heterocycles. The molecule has 6 nitrogen and oxygen atoms in total. The second-order valence-corrected chi connectivity index (χ2v) is 7.01. The largest absolute Gasteiger partial charge is 0.488 e. The molecule has 7 heteroatoms. The Balaban J connectivity index is 1.55. The fourth-order valence-corrected chi connectivity index (χ4v) is 3.08. The monoisotopic (exact) mass is 430 g/mol. The van der Waals surface area contributed by atoms with Gasteiger partial charge >= 0.3 is 5.97 Å². The molecule has 32 heavy (non-hydrogen) atoms. The molecular weight excluding hydrogens is 411 g/mol. The van der Waals surface area contributed by atoms with Crippen LogP contribution in [-0.2, 0) is 20.9 Å². The van der Waals surface area contributed by atoms with Gasteiger partial charge in [0.1, 0.15) is 18.2 Å². The normalized spacial score (nSPS) is 14.1. The highest BCUT2D eigenvalue weighted by Crippen LogP contribution is 2.26. The fourth-order valence-electron chi connectivity index (χ4n) is 3.08. The van der Waals surface area contributed by atoms with Crippen LogP contribution in [0.2, 0.25) is 0 Å². The molecule has 0 atom stereocenters. The molecule has 3 aromatic carbocycles. The van der Waals surface area contributed by atoms with Crippen LogP contribution >= 0.6 is 0 Å². The average molecular weight is 430 g/mol. The number of ether oxygens (including phenoxy) is 2. The highest BCUT2D eigenvalue weighted by molar-refractivity contribution is 6.13. The van der Waals surface area contributed by atoms with Crippen LogP contribution in [0.15, 0.2) is 83.5 Å². The lowest BCUT2D eigenvalue weighted by Gasteiger charge is -2.10. The highest BCUT2D eigenvalue weighted by Gasteiger charge is 2.24. The summed E-state index contributed by atoms with van der Waals surface area (Å²) in [6.45, 7) is 1.47. The van der Waals surface area contributed by atoms with Crippen LogP contribution in [0.3, 0.4) is 0 Å². The van der Waals surface area contributed by atoms with E-state index in [4.69, 9.17) is 9.47 Å². The number of aliphatic imine (C=N–C) groups is 1. The lowest BCUT2D eigenvalue weighted by molar-refractivity contribution is -0.129. The van der Waals surface area contributed by atoms with E-state index >= 15 is 0 Å². The van der Waals surface area contributed by atoms with Crippen molar-refractivity contribution in [3.05, 3.63) is 101 Å². The van der Waals surface area contributed by atoms with Gasteiger partial charge in [-0.1, -0.05) is 36.4 Å². The van der Waals surface area contributed by atoms with Gasteiger partial charge in [-0.2, -0.15) is 0 Å². The van der Waals surface area contributed by atoms with Gasteiger partial charge in [0, 0.05) is 29.3 Å². The number of amides is 1. The summed E-state index contributed by atoms with van der Waals surface area (Å²) in [5.74, 6) is -0.459. The van der Waals surface area contributed by atoms with E-state index in [1.54, 1.807) is 72.8 Å². The zero-order valence-corrected chi connectivity index (χ0v) is 17.2. The van der Waals surface area contributed by atoms with Gasteiger partial charge in [-0.3, -0.25) is 4.79 Å². The molecule has 0 fully saturated rings. The van der Waals surface area contributed by atoms with Gasteiger partial charge in [-0.15, -0.1) is 0 Å². The zero-order chi connectivity index (χ0) is 22.5. The van der Waals surface area contributed by atoms with Crippen LogP contribution < -0.4 is 10.1 Å². The number of benzene rings is 3. The van der Waals surface area contributed by atoms with Crippen molar-refractivity contribution in [1.29, 1.82) is 0 Å². The Labute approximate surface area is 184 Å². The minimum atomic E-state index is -0.588. The lowest BCUT2D eigenvalue weighted by Crippen LogP contribution is -2.07. The molecule has 1 aliphatic rings. The van der Waals surface area contributed by atoms with E-state index in [1.807, 2.05) is 0 Å². The Morgan fingerprint density at radius 3 is 2.53 bits per heavy atom. The number of nitrogens with zero attached hydrogens (tertiary/aromatic N) is 1. The molecule has 3 aromatic rings. The SMILES string of the molecule is CC(=O)Nc1ccc(C2=N/C(=C\c3ccccc3OCc3ccccc3F)C(=O)O2)cc1. The Morgan fingerprint density at radius 1 is 1.06 bits per heavy atom. The van der Waals surface area contributed by atoms with Crippen LogP contribution in [-0.4, -0.2) is 17.8 Å².